The van der Waals surface area contributed by atoms with Crippen LogP contribution in [0.25, 0.3) is 0 Å². The molecular formula is C13H17N5O3S2. The number of thiophene rings is 1. The molecule has 1 aliphatic rings. The first-order valence-electron chi connectivity index (χ1n) is 6.98. The lowest BCUT2D eigenvalue weighted by molar-refractivity contribution is 0.0621. The van der Waals surface area contributed by atoms with E-state index in [1.54, 1.807) is 11.1 Å². The third-order valence-corrected chi connectivity index (χ3v) is 6.15. The molecule has 0 aromatic carbocycles. The molecule has 1 saturated heterocycles. The van der Waals surface area contributed by atoms with E-state index in [0.717, 1.165) is 17.2 Å². The Bertz CT molecular complexity index is 826. The average molecular weight is 355 g/mol. The maximum absolute atomic E-state index is 12.8. The highest BCUT2D eigenvalue weighted by Crippen LogP contribution is 2.25. The van der Waals surface area contributed by atoms with Crippen LogP contribution in [0.15, 0.2) is 28.0 Å². The predicted octanol–water partition coefficient (Wildman–Crippen LogP) is -0.0843. The van der Waals surface area contributed by atoms with Gasteiger partial charge in [0.1, 0.15) is 16.1 Å². The van der Waals surface area contributed by atoms with Crippen molar-refractivity contribution in [3.05, 3.63) is 35.2 Å². The fourth-order valence-corrected chi connectivity index (χ4v) is 4.20. The number of aryl methyl sites for hydroxylation is 1. The quantitative estimate of drug-likeness (QED) is 0.800. The van der Waals surface area contributed by atoms with Crippen LogP contribution in [0.1, 0.15) is 22.2 Å². The van der Waals surface area contributed by atoms with E-state index in [0.29, 0.717) is 25.2 Å². The monoisotopic (exact) mass is 355 g/mol. The molecular weight excluding hydrogens is 338 g/mol. The molecule has 0 saturated carbocycles. The number of sulfonamides is 1. The Kier molecular flexibility index (Phi) is 4.23. The zero-order chi connectivity index (χ0) is 16.6. The van der Waals surface area contributed by atoms with Crippen LogP contribution >= 0.6 is 11.3 Å². The van der Waals surface area contributed by atoms with Gasteiger partial charge in [-0.3, -0.25) is 4.79 Å². The zero-order valence-electron chi connectivity index (χ0n) is 12.5. The molecule has 1 unspecified atom stereocenters. The number of rotatable bonds is 3. The minimum Gasteiger partial charge on any atom is -0.336 e. The number of hydrogen-bond donors (Lipinski definition) is 2. The van der Waals surface area contributed by atoms with Gasteiger partial charge in [-0.2, -0.15) is 0 Å². The van der Waals surface area contributed by atoms with Crippen molar-refractivity contribution < 1.29 is 13.2 Å². The van der Waals surface area contributed by atoms with Crippen LogP contribution in [0.4, 0.5) is 0 Å². The van der Waals surface area contributed by atoms with Gasteiger partial charge in [0.15, 0.2) is 0 Å². The maximum Gasteiger partial charge on any atom is 0.255 e. The lowest BCUT2D eigenvalue weighted by Gasteiger charge is -2.35. The molecule has 1 fully saturated rings. The van der Waals surface area contributed by atoms with Crippen molar-refractivity contribution >= 4 is 27.3 Å². The van der Waals surface area contributed by atoms with E-state index < -0.39 is 10.0 Å². The summed E-state index contributed by atoms with van der Waals surface area (Å²) in [5.74, 6) is 0.568. The summed E-state index contributed by atoms with van der Waals surface area (Å²) in [4.78, 5) is 18.8. The molecule has 3 N–H and O–H groups in total. The lowest BCUT2D eigenvalue weighted by atomic mass is 10.1. The Labute approximate surface area is 138 Å². The van der Waals surface area contributed by atoms with Gasteiger partial charge in [0, 0.05) is 44.5 Å². The summed E-state index contributed by atoms with van der Waals surface area (Å²) < 4.78 is 24.6. The number of carbonyl (C=O) groups excluding carboxylic acids is 1. The van der Waals surface area contributed by atoms with E-state index in [-0.39, 0.29) is 16.2 Å². The highest BCUT2D eigenvalue weighted by molar-refractivity contribution is 7.91. The number of piperazine rings is 1. The minimum atomic E-state index is -3.79. The first-order chi connectivity index (χ1) is 10.9. The predicted molar refractivity (Wildman–Crippen MR) is 85.5 cm³/mol. The van der Waals surface area contributed by atoms with Crippen LogP contribution in [0.5, 0.6) is 0 Å². The van der Waals surface area contributed by atoms with Crippen molar-refractivity contribution in [2.24, 2.45) is 12.2 Å². The largest absolute Gasteiger partial charge is 0.336 e. The van der Waals surface area contributed by atoms with Gasteiger partial charge >= 0.3 is 0 Å². The van der Waals surface area contributed by atoms with Crippen LogP contribution in [0, 0.1) is 0 Å². The zero-order valence-corrected chi connectivity index (χ0v) is 14.1. The molecule has 0 radical (unpaired) electrons. The summed E-state index contributed by atoms with van der Waals surface area (Å²) in [7, 11) is -1.91. The highest BCUT2D eigenvalue weighted by atomic mass is 32.2. The number of aromatic nitrogens is 2. The van der Waals surface area contributed by atoms with Gasteiger partial charge in [-0.25, -0.2) is 18.5 Å². The molecule has 3 heterocycles. The molecule has 2 aromatic heterocycles. The Morgan fingerprint density at radius 2 is 2.30 bits per heavy atom. The van der Waals surface area contributed by atoms with Crippen LogP contribution in [-0.2, 0) is 17.1 Å². The molecule has 0 aliphatic carbocycles. The lowest BCUT2D eigenvalue weighted by Crippen LogP contribution is -2.49. The van der Waals surface area contributed by atoms with Crippen molar-refractivity contribution in [1.29, 1.82) is 0 Å². The number of carbonyl (C=O) groups is 1. The van der Waals surface area contributed by atoms with Gasteiger partial charge in [-0.05, 0) is 6.07 Å². The standard InChI is InChI=1S/C13H17N5O3S2/c1-17-4-3-16-12(17)10-7-15-2-5-18(10)13(19)9-6-11(22-8-9)23(14,20)21/h3-4,6,8,10,15H,2,5,7H2,1H3,(H2,14,20,21). The van der Waals surface area contributed by atoms with Gasteiger partial charge in [0.05, 0.1) is 5.56 Å². The van der Waals surface area contributed by atoms with Gasteiger partial charge in [0.2, 0.25) is 10.0 Å². The van der Waals surface area contributed by atoms with Crippen molar-refractivity contribution in [2.45, 2.75) is 10.3 Å². The fourth-order valence-electron chi connectivity index (χ4n) is 2.62. The molecule has 0 bridgehead atoms. The third-order valence-electron chi connectivity index (χ3n) is 3.76. The third kappa shape index (κ3) is 3.15. The molecule has 2 aromatic rings. The Hall–Kier alpha value is -1.75. The Morgan fingerprint density at radius 1 is 1.52 bits per heavy atom. The molecule has 0 spiro atoms. The Balaban J connectivity index is 1.90. The molecule has 10 heteroatoms. The first kappa shape index (κ1) is 16.1. The second-order valence-electron chi connectivity index (χ2n) is 5.31. The van der Waals surface area contributed by atoms with E-state index in [1.165, 1.54) is 11.4 Å². The summed E-state index contributed by atoms with van der Waals surface area (Å²) in [5, 5.41) is 9.89. The van der Waals surface area contributed by atoms with E-state index in [2.05, 4.69) is 10.3 Å². The Morgan fingerprint density at radius 3 is 2.91 bits per heavy atom. The molecule has 23 heavy (non-hydrogen) atoms. The van der Waals surface area contributed by atoms with Crippen LogP contribution < -0.4 is 10.5 Å². The highest BCUT2D eigenvalue weighted by Gasteiger charge is 2.31. The smallest absolute Gasteiger partial charge is 0.255 e. The molecule has 1 amide bonds. The minimum absolute atomic E-state index is 0.00970. The fraction of sp³-hybridized carbons (Fsp3) is 0.385. The molecule has 1 aliphatic heterocycles. The van der Waals surface area contributed by atoms with Crippen LogP contribution in [0.3, 0.4) is 0 Å². The summed E-state index contributed by atoms with van der Waals surface area (Å²) in [5.41, 5.74) is 0.333. The number of amides is 1. The second kappa shape index (κ2) is 6.04. The number of imidazole rings is 1. The number of nitrogens with two attached hydrogens (primary N) is 1. The molecule has 3 rings (SSSR count). The van der Waals surface area contributed by atoms with Gasteiger partial charge < -0.3 is 14.8 Å². The summed E-state index contributed by atoms with van der Waals surface area (Å²) in [6.07, 6.45) is 3.52. The van der Waals surface area contributed by atoms with Crippen LogP contribution in [0.2, 0.25) is 0 Å². The topological polar surface area (TPSA) is 110 Å². The van der Waals surface area contributed by atoms with Gasteiger partial charge in [0.25, 0.3) is 5.91 Å². The molecule has 124 valence electrons. The molecule has 8 nitrogen and oxygen atoms in total. The second-order valence-corrected chi connectivity index (χ2v) is 8.01. The number of nitrogens with zero attached hydrogens (tertiary/aromatic N) is 3. The number of nitrogens with one attached hydrogen (secondary N) is 1. The SMILES string of the molecule is Cn1ccnc1C1CNCCN1C(=O)c1csc(S(N)(=O)=O)c1. The normalized spacial score (nSPS) is 19.0. The van der Waals surface area contributed by atoms with E-state index in [9.17, 15) is 13.2 Å². The van der Waals surface area contributed by atoms with Crippen molar-refractivity contribution in [1.82, 2.24) is 19.8 Å². The van der Waals surface area contributed by atoms with Crippen LogP contribution in [-0.4, -0.2) is 48.4 Å². The maximum atomic E-state index is 12.8. The van der Waals surface area contributed by atoms with E-state index in [4.69, 9.17) is 5.14 Å². The molecule has 1 atom stereocenters. The van der Waals surface area contributed by atoms with E-state index >= 15 is 0 Å². The summed E-state index contributed by atoms with van der Waals surface area (Å²) in [6, 6.07) is 1.13. The van der Waals surface area contributed by atoms with Gasteiger partial charge in [-0.15, -0.1) is 11.3 Å². The number of hydrogen-bond acceptors (Lipinski definition) is 6. The van der Waals surface area contributed by atoms with Gasteiger partial charge in [-0.1, -0.05) is 0 Å². The van der Waals surface area contributed by atoms with E-state index in [1.807, 2.05) is 17.8 Å². The van der Waals surface area contributed by atoms with Crippen molar-refractivity contribution in [2.75, 3.05) is 19.6 Å². The average Bonchev–Trinajstić information content (AvgIpc) is 3.15. The van der Waals surface area contributed by atoms with Crippen molar-refractivity contribution in [3.63, 3.8) is 0 Å². The van der Waals surface area contributed by atoms with Crippen molar-refractivity contribution in [3.8, 4) is 0 Å². The number of primary sulfonamides is 1. The summed E-state index contributed by atoms with van der Waals surface area (Å²) in [6.45, 7) is 1.80. The summed E-state index contributed by atoms with van der Waals surface area (Å²) >= 11 is 0.954. The first-order valence-corrected chi connectivity index (χ1v) is 9.41.